The Morgan fingerprint density at radius 1 is 1.57 bits per heavy atom. The Morgan fingerprint density at radius 2 is 2.33 bits per heavy atom. The first-order valence-electron chi connectivity index (χ1n) is 6.97. The number of amides is 1. The van der Waals surface area contributed by atoms with Crippen LogP contribution in [0.25, 0.3) is 0 Å². The smallest absolute Gasteiger partial charge is 0.271 e. The van der Waals surface area contributed by atoms with E-state index in [0.29, 0.717) is 17.2 Å². The maximum Gasteiger partial charge on any atom is 0.271 e. The van der Waals surface area contributed by atoms with Crippen LogP contribution in [0.15, 0.2) is 30.9 Å². The molecule has 1 heterocycles. The molecule has 1 amide bonds. The third-order valence-corrected chi connectivity index (χ3v) is 3.82. The number of nitro groups is 1. The molecule has 1 saturated heterocycles. The Kier molecular flexibility index (Phi) is 4.57. The summed E-state index contributed by atoms with van der Waals surface area (Å²) in [4.78, 5) is 24.1. The van der Waals surface area contributed by atoms with E-state index < -0.39 is 10.8 Å². The van der Waals surface area contributed by atoms with Gasteiger partial charge in [-0.05, 0) is 31.2 Å². The van der Waals surface area contributed by atoms with Crippen LogP contribution in [0.5, 0.6) is 0 Å². The van der Waals surface area contributed by atoms with Crippen LogP contribution >= 0.6 is 0 Å². The molecule has 0 radical (unpaired) electrons. The number of hydrogen-bond acceptors (Lipinski definition) is 4. The molecule has 112 valence electrons. The summed E-state index contributed by atoms with van der Waals surface area (Å²) in [5, 5.41) is 10.9. The zero-order valence-corrected chi connectivity index (χ0v) is 11.8. The number of hydrogen-bond donors (Lipinski definition) is 1. The molecule has 2 N–H and O–H groups in total. The van der Waals surface area contributed by atoms with Crippen molar-refractivity contribution in [1.29, 1.82) is 0 Å². The van der Waals surface area contributed by atoms with E-state index in [1.807, 2.05) is 11.0 Å². The van der Waals surface area contributed by atoms with Crippen molar-refractivity contribution in [2.45, 2.75) is 19.3 Å². The average molecular weight is 289 g/mol. The number of nitro benzene ring substituents is 1. The molecule has 1 aromatic rings. The third kappa shape index (κ3) is 3.39. The van der Waals surface area contributed by atoms with Gasteiger partial charge in [-0.25, -0.2) is 0 Å². The van der Waals surface area contributed by atoms with Crippen molar-refractivity contribution in [2.24, 2.45) is 11.7 Å². The third-order valence-electron chi connectivity index (χ3n) is 3.82. The summed E-state index contributed by atoms with van der Waals surface area (Å²) < 4.78 is 0. The highest BCUT2D eigenvalue weighted by molar-refractivity contribution is 5.99. The molecule has 1 aromatic carbocycles. The van der Waals surface area contributed by atoms with Gasteiger partial charge in [0.25, 0.3) is 11.6 Å². The van der Waals surface area contributed by atoms with Crippen molar-refractivity contribution in [3.05, 3.63) is 46.5 Å². The van der Waals surface area contributed by atoms with Gasteiger partial charge in [0.15, 0.2) is 0 Å². The number of piperidine rings is 1. The number of allylic oxidation sites excluding steroid dienone is 1. The van der Waals surface area contributed by atoms with Gasteiger partial charge in [-0.15, -0.1) is 6.58 Å². The van der Waals surface area contributed by atoms with Crippen molar-refractivity contribution in [3.8, 4) is 0 Å². The topological polar surface area (TPSA) is 89.5 Å². The van der Waals surface area contributed by atoms with Crippen LogP contribution < -0.4 is 10.6 Å². The van der Waals surface area contributed by atoms with Gasteiger partial charge in [-0.2, -0.15) is 0 Å². The number of benzene rings is 1. The second kappa shape index (κ2) is 6.39. The van der Waals surface area contributed by atoms with Crippen molar-refractivity contribution in [2.75, 3.05) is 18.0 Å². The lowest BCUT2D eigenvalue weighted by Gasteiger charge is -2.34. The highest BCUT2D eigenvalue weighted by atomic mass is 16.6. The number of nitrogens with two attached hydrogens (primary N) is 1. The lowest BCUT2D eigenvalue weighted by molar-refractivity contribution is -0.384. The summed E-state index contributed by atoms with van der Waals surface area (Å²) in [6.45, 7) is 5.28. The second-order valence-corrected chi connectivity index (χ2v) is 5.30. The maximum absolute atomic E-state index is 11.6. The highest BCUT2D eigenvalue weighted by Crippen LogP contribution is 2.30. The molecule has 2 rings (SSSR count). The first kappa shape index (κ1) is 15.0. The van der Waals surface area contributed by atoms with Crippen LogP contribution in [0, 0.1) is 16.0 Å². The van der Waals surface area contributed by atoms with Crippen molar-refractivity contribution in [1.82, 2.24) is 0 Å². The van der Waals surface area contributed by atoms with Crippen molar-refractivity contribution >= 4 is 17.3 Å². The van der Waals surface area contributed by atoms with Crippen LogP contribution in [-0.2, 0) is 0 Å². The van der Waals surface area contributed by atoms with Crippen LogP contribution in [0.4, 0.5) is 11.4 Å². The molecule has 1 fully saturated rings. The van der Waals surface area contributed by atoms with E-state index in [4.69, 9.17) is 5.73 Å². The van der Waals surface area contributed by atoms with Crippen LogP contribution in [0.1, 0.15) is 29.6 Å². The molecule has 6 nitrogen and oxygen atoms in total. The van der Waals surface area contributed by atoms with E-state index >= 15 is 0 Å². The quantitative estimate of drug-likeness (QED) is 0.512. The van der Waals surface area contributed by atoms with Crippen LogP contribution in [0.3, 0.4) is 0 Å². The molecule has 0 aliphatic carbocycles. The minimum atomic E-state index is -0.564. The second-order valence-electron chi connectivity index (χ2n) is 5.30. The predicted octanol–water partition coefficient (Wildman–Crippen LogP) is 2.49. The normalized spacial score (nSPS) is 18.3. The summed E-state index contributed by atoms with van der Waals surface area (Å²) in [5.41, 5.74) is 6.26. The fourth-order valence-electron chi connectivity index (χ4n) is 2.82. The molecule has 6 heteroatoms. The first-order chi connectivity index (χ1) is 10.0. The average Bonchev–Trinajstić information content (AvgIpc) is 2.47. The predicted molar refractivity (Wildman–Crippen MR) is 81.4 cm³/mol. The Balaban J connectivity index is 2.35. The standard InChI is InChI=1S/C15H19N3O3/c1-2-4-11-5-3-8-17(10-11)14-9-12(18(20)21)6-7-13(14)15(16)19/h2,6-7,9,11H,1,3-5,8,10H2,(H2,16,19). The fraction of sp³-hybridized carbons (Fsp3) is 0.400. The maximum atomic E-state index is 11.6. The highest BCUT2D eigenvalue weighted by Gasteiger charge is 2.24. The van der Waals surface area contributed by atoms with Crippen LogP contribution in [0.2, 0.25) is 0 Å². The van der Waals surface area contributed by atoms with E-state index in [1.165, 1.54) is 18.2 Å². The fourth-order valence-corrected chi connectivity index (χ4v) is 2.82. The van der Waals surface area contributed by atoms with E-state index in [2.05, 4.69) is 6.58 Å². The Labute approximate surface area is 123 Å². The van der Waals surface area contributed by atoms with Gasteiger partial charge in [0.05, 0.1) is 16.2 Å². The Hall–Kier alpha value is -2.37. The van der Waals surface area contributed by atoms with Gasteiger partial charge in [0, 0.05) is 25.2 Å². The minimum Gasteiger partial charge on any atom is -0.370 e. The van der Waals surface area contributed by atoms with E-state index in [0.717, 1.165) is 32.4 Å². The molecule has 0 bridgehead atoms. The summed E-state index contributed by atoms with van der Waals surface area (Å²) in [6.07, 6.45) is 4.87. The van der Waals surface area contributed by atoms with Crippen LogP contribution in [-0.4, -0.2) is 23.9 Å². The van der Waals surface area contributed by atoms with Gasteiger partial charge in [-0.3, -0.25) is 14.9 Å². The molecule has 0 saturated carbocycles. The number of carbonyl (C=O) groups is 1. The summed E-state index contributed by atoms with van der Waals surface area (Å²) >= 11 is 0. The van der Waals surface area contributed by atoms with Gasteiger partial charge in [0.2, 0.25) is 0 Å². The lowest BCUT2D eigenvalue weighted by Crippen LogP contribution is -2.36. The van der Waals surface area contributed by atoms with Crippen molar-refractivity contribution in [3.63, 3.8) is 0 Å². The van der Waals surface area contributed by atoms with Crippen molar-refractivity contribution < 1.29 is 9.72 Å². The number of non-ortho nitro benzene ring substituents is 1. The zero-order chi connectivity index (χ0) is 15.4. The molecular formula is C15H19N3O3. The minimum absolute atomic E-state index is 0.0270. The monoisotopic (exact) mass is 289 g/mol. The van der Waals surface area contributed by atoms with Gasteiger partial charge >= 0.3 is 0 Å². The number of carbonyl (C=O) groups excluding carboxylic acids is 1. The number of rotatable bonds is 5. The molecule has 1 aliphatic heterocycles. The van der Waals surface area contributed by atoms with E-state index in [1.54, 1.807) is 0 Å². The summed E-state index contributed by atoms with van der Waals surface area (Å²) in [7, 11) is 0. The number of primary amides is 1. The van der Waals surface area contributed by atoms with Gasteiger partial charge in [-0.1, -0.05) is 6.08 Å². The van der Waals surface area contributed by atoms with Gasteiger partial charge in [0.1, 0.15) is 0 Å². The largest absolute Gasteiger partial charge is 0.370 e. The SMILES string of the molecule is C=CCC1CCCN(c2cc([N+](=O)[O-])ccc2C(N)=O)C1. The number of anilines is 1. The molecule has 0 aromatic heterocycles. The first-order valence-corrected chi connectivity index (χ1v) is 6.97. The van der Waals surface area contributed by atoms with E-state index in [-0.39, 0.29) is 5.69 Å². The Morgan fingerprint density at radius 3 is 2.95 bits per heavy atom. The molecule has 0 spiro atoms. The molecule has 1 unspecified atom stereocenters. The summed E-state index contributed by atoms with van der Waals surface area (Å²) in [6, 6.07) is 4.19. The lowest BCUT2D eigenvalue weighted by atomic mass is 9.94. The molecular weight excluding hydrogens is 270 g/mol. The van der Waals surface area contributed by atoms with E-state index in [9.17, 15) is 14.9 Å². The molecule has 21 heavy (non-hydrogen) atoms. The summed E-state index contributed by atoms with van der Waals surface area (Å²) in [5.74, 6) is -0.109. The zero-order valence-electron chi connectivity index (χ0n) is 11.8. The van der Waals surface area contributed by atoms with Gasteiger partial charge < -0.3 is 10.6 Å². The molecule has 1 aliphatic rings. The molecule has 1 atom stereocenters. The number of nitrogens with zero attached hydrogens (tertiary/aromatic N) is 2. The Bertz CT molecular complexity index is 571.